The van der Waals surface area contributed by atoms with Crippen LogP contribution in [0.3, 0.4) is 0 Å². The molecule has 4 N–H and O–H groups in total. The van der Waals surface area contributed by atoms with E-state index in [1.807, 2.05) is 0 Å². The highest BCUT2D eigenvalue weighted by Gasteiger charge is 2.14. The van der Waals surface area contributed by atoms with Gasteiger partial charge in [-0.3, -0.25) is 4.79 Å². The minimum atomic E-state index is -0.237. The second-order valence-corrected chi connectivity index (χ2v) is 4.83. The topological polar surface area (TPSA) is 84.6 Å². The molecule has 0 radical (unpaired) electrons. The highest BCUT2D eigenvalue weighted by atomic mass is 79.9. The van der Waals surface area contributed by atoms with Crippen molar-refractivity contribution in [3.05, 3.63) is 28.2 Å². The maximum absolute atomic E-state index is 12.0. The van der Waals surface area contributed by atoms with Gasteiger partial charge in [-0.25, -0.2) is 0 Å². The Labute approximate surface area is 114 Å². The lowest BCUT2D eigenvalue weighted by Crippen LogP contribution is -2.38. The van der Waals surface area contributed by atoms with Crippen LogP contribution in [0.25, 0.3) is 0 Å². The molecule has 100 valence electrons. The minimum absolute atomic E-state index is 0.00503. The normalized spacial score (nSPS) is 12.2. The molecule has 1 aromatic rings. The van der Waals surface area contributed by atoms with E-state index in [4.69, 9.17) is 15.6 Å². The molecule has 0 saturated heterocycles. The lowest BCUT2D eigenvalue weighted by Gasteiger charge is -2.17. The molecule has 1 rings (SSSR count). The monoisotopic (exact) mass is 316 g/mol. The Hall–Kier alpha value is -1.11. The summed E-state index contributed by atoms with van der Waals surface area (Å²) < 4.78 is 5.73. The summed E-state index contributed by atoms with van der Waals surface area (Å²) in [4.78, 5) is 12.0. The Morgan fingerprint density at radius 2 is 2.28 bits per heavy atom. The molecule has 0 aliphatic heterocycles. The van der Waals surface area contributed by atoms with Crippen LogP contribution in [0.1, 0.15) is 16.8 Å². The highest BCUT2D eigenvalue weighted by Crippen LogP contribution is 2.17. The van der Waals surface area contributed by atoms with Crippen LogP contribution < -0.4 is 11.1 Å². The fourth-order valence-electron chi connectivity index (χ4n) is 1.57. The first-order chi connectivity index (χ1) is 8.56. The van der Waals surface area contributed by atoms with E-state index >= 15 is 0 Å². The number of carbonyl (C=O) groups is 1. The molecule has 1 unspecified atom stereocenters. The molecule has 0 aromatic heterocycles. The molecular weight excluding hydrogens is 300 g/mol. The average molecular weight is 317 g/mol. The number of rotatable bonds is 6. The number of hydrogen-bond donors (Lipinski definition) is 3. The van der Waals surface area contributed by atoms with E-state index in [-0.39, 0.29) is 18.6 Å². The van der Waals surface area contributed by atoms with E-state index < -0.39 is 0 Å². The van der Waals surface area contributed by atoms with Crippen LogP contribution in [-0.2, 0) is 4.74 Å². The van der Waals surface area contributed by atoms with Crippen molar-refractivity contribution in [2.45, 2.75) is 12.5 Å². The molecule has 6 heteroatoms. The number of halogens is 1. The van der Waals surface area contributed by atoms with Crippen LogP contribution in [0.2, 0.25) is 0 Å². The highest BCUT2D eigenvalue weighted by molar-refractivity contribution is 9.10. The van der Waals surface area contributed by atoms with Crippen LogP contribution in [0.5, 0.6) is 0 Å². The molecule has 0 saturated carbocycles. The predicted molar refractivity (Wildman–Crippen MR) is 73.4 cm³/mol. The number of anilines is 1. The number of methoxy groups -OCH3 is 1. The van der Waals surface area contributed by atoms with Crippen molar-refractivity contribution >= 4 is 27.5 Å². The van der Waals surface area contributed by atoms with Gasteiger partial charge in [0.05, 0.1) is 12.6 Å². The van der Waals surface area contributed by atoms with Gasteiger partial charge in [0.1, 0.15) is 0 Å². The second-order valence-electron chi connectivity index (χ2n) is 3.91. The Morgan fingerprint density at radius 1 is 1.56 bits per heavy atom. The van der Waals surface area contributed by atoms with E-state index in [0.717, 1.165) is 4.47 Å². The summed E-state index contributed by atoms with van der Waals surface area (Å²) in [6.07, 6.45) is 0.447. The molecule has 0 heterocycles. The zero-order chi connectivity index (χ0) is 13.5. The van der Waals surface area contributed by atoms with Crippen LogP contribution in [0.15, 0.2) is 22.7 Å². The van der Waals surface area contributed by atoms with Gasteiger partial charge in [-0.1, -0.05) is 15.9 Å². The Morgan fingerprint density at radius 3 is 2.83 bits per heavy atom. The summed E-state index contributed by atoms with van der Waals surface area (Å²) >= 11 is 3.28. The molecule has 1 amide bonds. The smallest absolute Gasteiger partial charge is 0.251 e. The van der Waals surface area contributed by atoms with Gasteiger partial charge in [0.25, 0.3) is 5.91 Å². The lowest BCUT2D eigenvalue weighted by molar-refractivity contribution is 0.0878. The third kappa shape index (κ3) is 4.64. The molecule has 1 atom stereocenters. The number of nitrogens with one attached hydrogen (secondary N) is 1. The summed E-state index contributed by atoms with van der Waals surface area (Å²) in [6.45, 7) is 0.352. The first kappa shape index (κ1) is 14.9. The summed E-state index contributed by atoms with van der Waals surface area (Å²) in [7, 11) is 1.55. The van der Waals surface area contributed by atoms with Crippen molar-refractivity contribution in [3.8, 4) is 0 Å². The zero-order valence-electron chi connectivity index (χ0n) is 10.1. The van der Waals surface area contributed by atoms with Crippen molar-refractivity contribution in [1.29, 1.82) is 0 Å². The number of nitrogens with two attached hydrogens (primary N) is 1. The van der Waals surface area contributed by atoms with Crippen molar-refractivity contribution in [3.63, 3.8) is 0 Å². The fraction of sp³-hybridized carbons (Fsp3) is 0.417. The van der Waals surface area contributed by atoms with Crippen LogP contribution in [0.4, 0.5) is 5.69 Å². The maximum atomic E-state index is 12.0. The number of ether oxygens (including phenoxy) is 1. The van der Waals surface area contributed by atoms with Gasteiger partial charge in [-0.05, 0) is 24.6 Å². The van der Waals surface area contributed by atoms with Gasteiger partial charge in [0.15, 0.2) is 0 Å². The third-order valence-corrected chi connectivity index (χ3v) is 2.82. The molecule has 0 spiro atoms. The molecule has 5 nitrogen and oxygen atoms in total. The van der Waals surface area contributed by atoms with E-state index in [2.05, 4.69) is 21.2 Å². The number of carbonyl (C=O) groups excluding carboxylic acids is 1. The van der Waals surface area contributed by atoms with Crippen LogP contribution in [0, 0.1) is 0 Å². The van der Waals surface area contributed by atoms with Crippen molar-refractivity contribution in [2.75, 3.05) is 26.1 Å². The van der Waals surface area contributed by atoms with Gasteiger partial charge in [-0.2, -0.15) is 0 Å². The van der Waals surface area contributed by atoms with Crippen molar-refractivity contribution in [1.82, 2.24) is 5.32 Å². The van der Waals surface area contributed by atoms with Gasteiger partial charge in [-0.15, -0.1) is 0 Å². The molecule has 0 bridgehead atoms. The largest absolute Gasteiger partial charge is 0.399 e. The number of aliphatic hydroxyl groups excluding tert-OH is 1. The summed E-state index contributed by atoms with van der Waals surface area (Å²) in [5.74, 6) is -0.237. The first-order valence-corrected chi connectivity index (χ1v) is 6.33. The predicted octanol–water partition coefficient (Wildman–Crippen LogP) is 1.16. The van der Waals surface area contributed by atoms with E-state index in [1.54, 1.807) is 25.3 Å². The molecular formula is C12H17BrN2O3. The van der Waals surface area contributed by atoms with Gasteiger partial charge < -0.3 is 20.9 Å². The zero-order valence-corrected chi connectivity index (χ0v) is 11.7. The first-order valence-electron chi connectivity index (χ1n) is 5.53. The minimum Gasteiger partial charge on any atom is -0.399 e. The van der Waals surface area contributed by atoms with E-state index in [9.17, 15) is 4.79 Å². The molecule has 0 fully saturated rings. The average Bonchev–Trinajstić information content (AvgIpc) is 2.28. The maximum Gasteiger partial charge on any atom is 0.251 e. The molecule has 18 heavy (non-hydrogen) atoms. The van der Waals surface area contributed by atoms with Crippen LogP contribution >= 0.6 is 15.9 Å². The van der Waals surface area contributed by atoms with Crippen molar-refractivity contribution < 1.29 is 14.6 Å². The summed E-state index contributed by atoms with van der Waals surface area (Å²) in [6, 6.07) is 4.79. The van der Waals surface area contributed by atoms with E-state index in [1.165, 1.54) is 0 Å². The molecule has 0 aliphatic carbocycles. The summed E-state index contributed by atoms with van der Waals surface area (Å²) in [5.41, 5.74) is 6.66. The van der Waals surface area contributed by atoms with Gasteiger partial charge in [0.2, 0.25) is 0 Å². The molecule has 1 aromatic carbocycles. The van der Waals surface area contributed by atoms with E-state index in [0.29, 0.717) is 24.3 Å². The number of hydrogen-bond acceptors (Lipinski definition) is 4. The fourth-order valence-corrected chi connectivity index (χ4v) is 2.08. The second kappa shape index (κ2) is 7.35. The third-order valence-electron chi connectivity index (χ3n) is 2.36. The lowest BCUT2D eigenvalue weighted by atomic mass is 10.1. The SMILES string of the molecule is COCC(CCO)NC(=O)c1cc(N)cc(Br)c1. The number of amides is 1. The Kier molecular flexibility index (Phi) is 6.11. The van der Waals surface area contributed by atoms with Gasteiger partial charge >= 0.3 is 0 Å². The number of benzene rings is 1. The Balaban J connectivity index is 2.73. The standard InChI is InChI=1S/C12H17BrN2O3/c1-18-7-11(2-3-16)15-12(17)8-4-9(13)6-10(14)5-8/h4-6,11,16H,2-3,7,14H2,1H3,(H,15,17). The summed E-state index contributed by atoms with van der Waals surface area (Å²) in [5, 5.41) is 11.7. The quantitative estimate of drug-likeness (QED) is 0.688. The Bertz CT molecular complexity index is 386. The number of aliphatic hydroxyl groups is 1. The van der Waals surface area contributed by atoms with Crippen LogP contribution in [-0.4, -0.2) is 37.4 Å². The molecule has 0 aliphatic rings. The van der Waals surface area contributed by atoms with Gasteiger partial charge in [0, 0.05) is 29.4 Å². The number of nitrogen functional groups attached to an aromatic ring is 1. The van der Waals surface area contributed by atoms with Crippen molar-refractivity contribution in [2.24, 2.45) is 0 Å².